The number of nitro benzene ring substituents is 1. The lowest BCUT2D eigenvalue weighted by Gasteiger charge is -2.36. The number of nitrogens with one attached hydrogen (secondary N) is 1. The molecule has 9 nitrogen and oxygen atoms in total. The highest BCUT2D eigenvalue weighted by Crippen LogP contribution is 2.28. The number of sulfone groups is 1. The maximum atomic E-state index is 11.7. The maximum absolute atomic E-state index is 11.7. The van der Waals surface area contributed by atoms with Crippen LogP contribution in [-0.2, 0) is 9.84 Å². The molecule has 10 heteroatoms. The van der Waals surface area contributed by atoms with Gasteiger partial charge >= 0.3 is 0 Å². The van der Waals surface area contributed by atoms with Crippen molar-refractivity contribution in [2.24, 2.45) is 0 Å². The molecule has 1 saturated heterocycles. The summed E-state index contributed by atoms with van der Waals surface area (Å²) in [7, 11) is -3.51. The van der Waals surface area contributed by atoms with E-state index in [1.807, 2.05) is 25.1 Å². The van der Waals surface area contributed by atoms with Crippen molar-refractivity contribution in [3.05, 3.63) is 52.7 Å². The summed E-state index contributed by atoms with van der Waals surface area (Å²) in [6.07, 6.45) is 2.82. The van der Waals surface area contributed by atoms with Gasteiger partial charge in [0.1, 0.15) is 11.5 Å². The van der Waals surface area contributed by atoms with E-state index in [9.17, 15) is 18.5 Å². The minimum Gasteiger partial charge on any atom is -0.376 e. The predicted molar refractivity (Wildman–Crippen MR) is 112 cm³/mol. The normalized spacial score (nSPS) is 16.4. The summed E-state index contributed by atoms with van der Waals surface area (Å²) < 4.78 is 23.3. The maximum Gasteiger partial charge on any atom is 0.293 e. The number of nitrogens with zero attached hydrogens (tertiary/aromatic N) is 4. The Hall–Kier alpha value is -2.72. The molecule has 1 unspecified atom stereocenters. The molecule has 3 rings (SSSR count). The first kappa shape index (κ1) is 21.0. The highest BCUT2D eigenvalue weighted by Gasteiger charge is 2.22. The van der Waals surface area contributed by atoms with Crippen LogP contribution in [0.2, 0.25) is 0 Å². The lowest BCUT2D eigenvalue weighted by Crippen LogP contribution is -2.49. The number of anilines is 2. The van der Waals surface area contributed by atoms with Crippen LogP contribution >= 0.6 is 0 Å². The van der Waals surface area contributed by atoms with Crippen LogP contribution in [0.25, 0.3) is 0 Å². The molecule has 156 valence electrons. The third kappa shape index (κ3) is 5.42. The molecule has 0 radical (unpaired) electrons. The molecule has 1 N–H and O–H groups in total. The quantitative estimate of drug-likeness (QED) is 0.536. The van der Waals surface area contributed by atoms with Crippen LogP contribution in [0, 0.1) is 10.1 Å². The standard InChI is InChI=1S/C19H25N5O4S/c1-15(14-22-9-11-23(12-10-22)19-5-3-4-8-20-19)21-17-7-6-16(29(2,27)28)13-18(17)24(25)26/h3-8,13,15,21H,9-12,14H2,1-2H3. The number of benzene rings is 1. The first-order chi connectivity index (χ1) is 13.7. The van der Waals surface area contributed by atoms with Gasteiger partial charge in [-0.05, 0) is 31.2 Å². The Bertz CT molecular complexity index is 960. The summed E-state index contributed by atoms with van der Waals surface area (Å²) in [4.78, 5) is 19.7. The van der Waals surface area contributed by atoms with Crippen molar-refractivity contribution in [2.45, 2.75) is 17.9 Å². The SMILES string of the molecule is CC(CN1CCN(c2ccccn2)CC1)Nc1ccc(S(C)(=O)=O)cc1[N+](=O)[O-]. The molecule has 1 aromatic heterocycles. The summed E-state index contributed by atoms with van der Waals surface area (Å²) in [6, 6.07) is 9.79. The molecule has 2 heterocycles. The first-order valence-electron chi connectivity index (χ1n) is 9.37. The van der Waals surface area contributed by atoms with Crippen molar-refractivity contribution in [3.8, 4) is 0 Å². The monoisotopic (exact) mass is 419 g/mol. The Morgan fingerprint density at radius 2 is 1.93 bits per heavy atom. The van der Waals surface area contributed by atoms with Crippen LogP contribution in [0.3, 0.4) is 0 Å². The number of rotatable bonds is 7. The van der Waals surface area contributed by atoms with E-state index in [0.717, 1.165) is 50.9 Å². The van der Waals surface area contributed by atoms with Gasteiger partial charge in [0.25, 0.3) is 5.69 Å². The van der Waals surface area contributed by atoms with Crippen LogP contribution < -0.4 is 10.2 Å². The second-order valence-electron chi connectivity index (χ2n) is 7.23. The Balaban J connectivity index is 1.60. The lowest BCUT2D eigenvalue weighted by molar-refractivity contribution is -0.384. The van der Waals surface area contributed by atoms with Crippen LogP contribution in [-0.4, -0.2) is 68.2 Å². The van der Waals surface area contributed by atoms with Crippen molar-refractivity contribution >= 4 is 27.0 Å². The van der Waals surface area contributed by atoms with Crippen molar-refractivity contribution in [1.82, 2.24) is 9.88 Å². The smallest absolute Gasteiger partial charge is 0.293 e. The van der Waals surface area contributed by atoms with Gasteiger partial charge in [0.05, 0.1) is 9.82 Å². The molecule has 0 spiro atoms. The molecular weight excluding hydrogens is 394 g/mol. The van der Waals surface area contributed by atoms with Crippen molar-refractivity contribution < 1.29 is 13.3 Å². The first-order valence-corrected chi connectivity index (χ1v) is 11.3. The minimum atomic E-state index is -3.51. The number of hydrogen-bond donors (Lipinski definition) is 1. The predicted octanol–water partition coefficient (Wildman–Crippen LogP) is 2.02. The Morgan fingerprint density at radius 3 is 2.52 bits per heavy atom. The van der Waals surface area contributed by atoms with Gasteiger partial charge in [-0.3, -0.25) is 15.0 Å². The van der Waals surface area contributed by atoms with Crippen LogP contribution in [0.5, 0.6) is 0 Å². The van der Waals surface area contributed by atoms with Gasteiger partial charge in [0.15, 0.2) is 9.84 Å². The van der Waals surface area contributed by atoms with Crippen LogP contribution in [0.15, 0.2) is 47.5 Å². The van der Waals surface area contributed by atoms with Gasteiger partial charge in [-0.1, -0.05) is 6.07 Å². The van der Waals surface area contributed by atoms with E-state index in [4.69, 9.17) is 0 Å². The molecular formula is C19H25N5O4S. The van der Waals surface area contributed by atoms with E-state index in [1.54, 1.807) is 6.20 Å². The Morgan fingerprint density at radius 1 is 1.21 bits per heavy atom. The van der Waals surface area contributed by atoms with E-state index in [2.05, 4.69) is 20.1 Å². The number of nitro groups is 1. The van der Waals surface area contributed by atoms with Gasteiger partial charge in [-0.2, -0.15) is 0 Å². The fraction of sp³-hybridized carbons (Fsp3) is 0.421. The third-order valence-corrected chi connectivity index (χ3v) is 5.98. The summed E-state index contributed by atoms with van der Waals surface area (Å²) in [6.45, 7) is 6.16. The number of aromatic nitrogens is 1. The van der Waals surface area contributed by atoms with Gasteiger partial charge in [-0.15, -0.1) is 0 Å². The zero-order chi connectivity index (χ0) is 21.0. The van der Waals surface area contributed by atoms with Crippen molar-refractivity contribution in [3.63, 3.8) is 0 Å². The summed E-state index contributed by atoms with van der Waals surface area (Å²) in [5, 5.41) is 14.5. The zero-order valence-corrected chi connectivity index (χ0v) is 17.3. The van der Waals surface area contributed by atoms with Crippen molar-refractivity contribution in [1.29, 1.82) is 0 Å². The number of hydrogen-bond acceptors (Lipinski definition) is 8. The Kier molecular flexibility index (Phi) is 6.33. The average molecular weight is 420 g/mol. The lowest BCUT2D eigenvalue weighted by atomic mass is 10.2. The van der Waals surface area contributed by atoms with E-state index in [0.29, 0.717) is 5.69 Å². The highest BCUT2D eigenvalue weighted by molar-refractivity contribution is 7.90. The molecule has 1 atom stereocenters. The number of pyridine rings is 1. The van der Waals surface area contributed by atoms with E-state index >= 15 is 0 Å². The zero-order valence-electron chi connectivity index (χ0n) is 16.5. The van der Waals surface area contributed by atoms with Gasteiger partial charge < -0.3 is 10.2 Å². The largest absolute Gasteiger partial charge is 0.376 e. The molecule has 1 aliphatic rings. The summed E-state index contributed by atoms with van der Waals surface area (Å²) in [5.41, 5.74) is 0.0850. The van der Waals surface area contributed by atoms with Gasteiger partial charge in [-0.25, -0.2) is 13.4 Å². The summed E-state index contributed by atoms with van der Waals surface area (Å²) in [5.74, 6) is 0.972. The fourth-order valence-electron chi connectivity index (χ4n) is 3.41. The van der Waals surface area contributed by atoms with E-state index in [-0.39, 0.29) is 16.6 Å². The molecule has 0 amide bonds. The Labute approximate surface area is 170 Å². The fourth-order valence-corrected chi connectivity index (χ4v) is 4.05. The topological polar surface area (TPSA) is 109 Å². The second-order valence-corrected chi connectivity index (χ2v) is 9.24. The third-order valence-electron chi connectivity index (χ3n) is 4.87. The van der Waals surface area contributed by atoms with Crippen LogP contribution in [0.1, 0.15) is 6.92 Å². The van der Waals surface area contributed by atoms with Gasteiger partial charge in [0.2, 0.25) is 0 Å². The molecule has 29 heavy (non-hydrogen) atoms. The molecule has 1 aliphatic heterocycles. The van der Waals surface area contributed by atoms with E-state index in [1.165, 1.54) is 12.1 Å². The number of piperazine rings is 1. The molecule has 0 saturated carbocycles. The molecule has 0 aliphatic carbocycles. The highest BCUT2D eigenvalue weighted by atomic mass is 32.2. The molecule has 0 bridgehead atoms. The van der Waals surface area contributed by atoms with Crippen LogP contribution in [0.4, 0.5) is 17.2 Å². The molecule has 1 aromatic carbocycles. The summed E-state index contributed by atoms with van der Waals surface area (Å²) >= 11 is 0. The van der Waals surface area contributed by atoms with E-state index < -0.39 is 14.8 Å². The van der Waals surface area contributed by atoms with Crippen molar-refractivity contribution in [2.75, 3.05) is 49.2 Å². The molecule has 1 fully saturated rings. The average Bonchev–Trinajstić information content (AvgIpc) is 2.68. The second kappa shape index (κ2) is 8.75. The minimum absolute atomic E-state index is 0.0424. The van der Waals surface area contributed by atoms with Gasteiger partial charge in [0, 0.05) is 57.3 Å². The molecule has 2 aromatic rings.